The molecule has 0 saturated carbocycles. The van der Waals surface area contributed by atoms with Crippen molar-refractivity contribution in [1.82, 2.24) is 0 Å². The molecule has 0 bridgehead atoms. The average molecular weight is 242 g/mol. The van der Waals surface area contributed by atoms with E-state index in [4.69, 9.17) is 4.74 Å². The first-order valence-corrected chi connectivity index (χ1v) is 5.81. The summed E-state index contributed by atoms with van der Waals surface area (Å²) in [7, 11) is 0. The summed E-state index contributed by atoms with van der Waals surface area (Å²) in [6.45, 7) is 1.97. The minimum Gasteiger partial charge on any atom is -0.458 e. The van der Waals surface area contributed by atoms with Crippen molar-refractivity contribution in [3.05, 3.63) is 53.8 Å². The molecule has 1 aromatic carbocycles. The summed E-state index contributed by atoms with van der Waals surface area (Å²) in [6.07, 6.45) is 7.29. The fourth-order valence-electron chi connectivity index (χ4n) is 1.79. The number of hydrogen-bond donors (Lipinski definition) is 0. The maximum absolute atomic E-state index is 10.8. The molecule has 2 atom stereocenters. The third kappa shape index (κ3) is 2.74. The second-order valence-corrected chi connectivity index (χ2v) is 4.29. The molecule has 0 aliphatic heterocycles. The second-order valence-electron chi connectivity index (χ2n) is 4.29. The molecule has 0 spiro atoms. The molecule has 2 rings (SSSR count). The Morgan fingerprint density at radius 3 is 2.44 bits per heavy atom. The lowest BCUT2D eigenvalue weighted by atomic mass is 9.91. The van der Waals surface area contributed by atoms with Gasteiger partial charge in [-0.3, -0.25) is 4.79 Å². The first-order valence-electron chi connectivity index (χ1n) is 5.81. The molecule has 2 unspecified atom stereocenters. The van der Waals surface area contributed by atoms with Crippen LogP contribution in [0.3, 0.4) is 0 Å². The minimum atomic E-state index is -0.0743. The molecule has 0 aromatic heterocycles. The molecular weight excluding hydrogens is 228 g/mol. The fraction of sp³-hybridized carbons (Fsp3) is 0.200. The molecule has 92 valence electrons. The lowest BCUT2D eigenvalue weighted by Crippen LogP contribution is -2.13. The van der Waals surface area contributed by atoms with Crippen LogP contribution in [0.15, 0.2) is 48.3 Å². The van der Waals surface area contributed by atoms with Crippen molar-refractivity contribution in [2.45, 2.75) is 6.92 Å². The highest BCUT2D eigenvalue weighted by Crippen LogP contribution is 2.23. The normalized spacial score (nSPS) is 22.2. The summed E-state index contributed by atoms with van der Waals surface area (Å²) in [5.41, 5.74) is 0.616. The molecule has 1 aliphatic carbocycles. The summed E-state index contributed by atoms with van der Waals surface area (Å²) in [6, 6.07) is 6.89. The van der Waals surface area contributed by atoms with E-state index in [1.807, 2.05) is 19.1 Å². The highest BCUT2D eigenvalue weighted by Gasteiger charge is 2.16. The molecular formula is C15H14O3. The zero-order valence-corrected chi connectivity index (χ0v) is 10.1. The Morgan fingerprint density at radius 2 is 1.89 bits per heavy atom. The average Bonchev–Trinajstić information content (AvgIpc) is 2.40. The summed E-state index contributed by atoms with van der Waals surface area (Å²) in [5, 5.41) is 0. The fourth-order valence-corrected chi connectivity index (χ4v) is 1.79. The Labute approximate surface area is 106 Å². The smallest absolute Gasteiger partial charge is 0.150 e. The van der Waals surface area contributed by atoms with E-state index < -0.39 is 0 Å². The van der Waals surface area contributed by atoms with Gasteiger partial charge in [0.25, 0.3) is 0 Å². The third-order valence-corrected chi connectivity index (χ3v) is 2.93. The minimum absolute atomic E-state index is 0.0743. The molecule has 3 nitrogen and oxygen atoms in total. The number of aldehydes is 2. The Kier molecular flexibility index (Phi) is 3.72. The van der Waals surface area contributed by atoms with E-state index in [2.05, 4.69) is 0 Å². The van der Waals surface area contributed by atoms with Crippen LogP contribution in [-0.2, 0) is 4.79 Å². The molecule has 0 heterocycles. The van der Waals surface area contributed by atoms with Gasteiger partial charge in [0.15, 0.2) is 0 Å². The summed E-state index contributed by atoms with van der Waals surface area (Å²) >= 11 is 0. The number of carbonyl (C=O) groups excluding carboxylic acids is 2. The van der Waals surface area contributed by atoms with E-state index in [9.17, 15) is 9.59 Å². The summed E-state index contributed by atoms with van der Waals surface area (Å²) in [4.78, 5) is 21.3. The van der Waals surface area contributed by atoms with Gasteiger partial charge < -0.3 is 9.53 Å². The largest absolute Gasteiger partial charge is 0.458 e. The van der Waals surface area contributed by atoms with Crippen LogP contribution in [0.4, 0.5) is 0 Å². The van der Waals surface area contributed by atoms with Crippen LogP contribution in [0.25, 0.3) is 0 Å². The van der Waals surface area contributed by atoms with Gasteiger partial charge in [0, 0.05) is 11.5 Å². The monoisotopic (exact) mass is 242 g/mol. The predicted molar refractivity (Wildman–Crippen MR) is 68.4 cm³/mol. The van der Waals surface area contributed by atoms with Crippen LogP contribution < -0.4 is 4.74 Å². The zero-order chi connectivity index (χ0) is 13.0. The molecule has 1 aromatic rings. The van der Waals surface area contributed by atoms with E-state index in [0.717, 1.165) is 18.3 Å². The first kappa shape index (κ1) is 12.3. The van der Waals surface area contributed by atoms with Crippen LogP contribution in [0, 0.1) is 11.8 Å². The van der Waals surface area contributed by atoms with Gasteiger partial charge in [0.05, 0.1) is 0 Å². The van der Waals surface area contributed by atoms with Crippen LogP contribution >= 0.6 is 0 Å². The topological polar surface area (TPSA) is 43.4 Å². The lowest BCUT2D eigenvalue weighted by molar-refractivity contribution is -0.110. The number of benzene rings is 1. The number of carbonyl (C=O) groups is 2. The standard InChI is InChI=1S/C15H14O3/c1-11-8-15(7-4-13(11)10-17)18-14-5-2-12(9-16)3-6-14/h2-11,13H,1H3. The third-order valence-electron chi connectivity index (χ3n) is 2.93. The van der Waals surface area contributed by atoms with E-state index in [1.165, 1.54) is 0 Å². The Morgan fingerprint density at radius 1 is 1.17 bits per heavy atom. The molecule has 0 amide bonds. The Hall–Kier alpha value is -2.16. The van der Waals surface area contributed by atoms with Gasteiger partial charge in [-0.1, -0.05) is 13.0 Å². The molecule has 0 N–H and O–H groups in total. The summed E-state index contributed by atoms with van der Waals surface area (Å²) in [5.74, 6) is 1.46. The van der Waals surface area contributed by atoms with Crippen LogP contribution in [0.1, 0.15) is 17.3 Å². The van der Waals surface area contributed by atoms with Gasteiger partial charge in [0.2, 0.25) is 0 Å². The van der Waals surface area contributed by atoms with Crippen LogP contribution in [0.5, 0.6) is 5.75 Å². The van der Waals surface area contributed by atoms with Crippen molar-refractivity contribution in [3.8, 4) is 5.75 Å². The maximum Gasteiger partial charge on any atom is 0.150 e. The number of ether oxygens (including phenoxy) is 1. The maximum atomic E-state index is 10.8. The highest BCUT2D eigenvalue weighted by molar-refractivity contribution is 5.74. The van der Waals surface area contributed by atoms with E-state index >= 15 is 0 Å². The van der Waals surface area contributed by atoms with E-state index in [1.54, 1.807) is 30.3 Å². The van der Waals surface area contributed by atoms with Gasteiger partial charge >= 0.3 is 0 Å². The second kappa shape index (κ2) is 5.45. The Balaban J connectivity index is 2.08. The van der Waals surface area contributed by atoms with Crippen molar-refractivity contribution < 1.29 is 14.3 Å². The molecule has 1 aliphatic rings. The molecule has 0 radical (unpaired) electrons. The first-order chi connectivity index (χ1) is 8.72. The number of allylic oxidation sites excluding steroid dienone is 3. The van der Waals surface area contributed by atoms with E-state index in [0.29, 0.717) is 11.3 Å². The quantitative estimate of drug-likeness (QED) is 0.762. The molecule has 3 heteroatoms. The van der Waals surface area contributed by atoms with E-state index in [-0.39, 0.29) is 11.8 Å². The van der Waals surface area contributed by atoms with Crippen molar-refractivity contribution in [3.63, 3.8) is 0 Å². The SMILES string of the molecule is CC1C=C(Oc2ccc(C=O)cc2)C=CC1C=O. The van der Waals surface area contributed by atoms with Gasteiger partial charge in [-0.2, -0.15) is 0 Å². The number of rotatable bonds is 4. The predicted octanol–water partition coefficient (Wildman–Crippen LogP) is 2.78. The summed E-state index contributed by atoms with van der Waals surface area (Å²) < 4.78 is 5.66. The molecule has 0 saturated heterocycles. The van der Waals surface area contributed by atoms with Crippen LogP contribution in [-0.4, -0.2) is 12.6 Å². The van der Waals surface area contributed by atoms with Gasteiger partial charge in [-0.05, 0) is 42.3 Å². The van der Waals surface area contributed by atoms with Gasteiger partial charge in [-0.25, -0.2) is 0 Å². The molecule has 0 fully saturated rings. The van der Waals surface area contributed by atoms with Crippen molar-refractivity contribution in [2.24, 2.45) is 11.8 Å². The number of hydrogen-bond acceptors (Lipinski definition) is 3. The zero-order valence-electron chi connectivity index (χ0n) is 10.1. The van der Waals surface area contributed by atoms with Crippen molar-refractivity contribution in [1.29, 1.82) is 0 Å². The lowest BCUT2D eigenvalue weighted by Gasteiger charge is -2.18. The molecule has 18 heavy (non-hydrogen) atoms. The van der Waals surface area contributed by atoms with Gasteiger partial charge in [0.1, 0.15) is 24.1 Å². The van der Waals surface area contributed by atoms with Crippen LogP contribution in [0.2, 0.25) is 0 Å². The van der Waals surface area contributed by atoms with Crippen molar-refractivity contribution in [2.75, 3.05) is 0 Å². The van der Waals surface area contributed by atoms with Gasteiger partial charge in [-0.15, -0.1) is 0 Å². The highest BCUT2D eigenvalue weighted by atomic mass is 16.5. The van der Waals surface area contributed by atoms with Crippen molar-refractivity contribution >= 4 is 12.6 Å². The Bertz CT molecular complexity index is 497.